The summed E-state index contributed by atoms with van der Waals surface area (Å²) >= 11 is 0. The Morgan fingerprint density at radius 2 is 1.80 bits per heavy atom. The van der Waals surface area contributed by atoms with Crippen molar-refractivity contribution >= 4 is 17.5 Å². The van der Waals surface area contributed by atoms with Crippen molar-refractivity contribution in [3.8, 4) is 5.75 Å². The first-order valence-electron chi connectivity index (χ1n) is 10.8. The Labute approximate surface area is 179 Å². The highest BCUT2D eigenvalue weighted by Crippen LogP contribution is 2.34. The molecule has 1 aliphatic heterocycles. The molecule has 5 heteroatoms. The van der Waals surface area contributed by atoms with E-state index in [2.05, 4.69) is 12.2 Å². The van der Waals surface area contributed by atoms with Crippen molar-refractivity contribution in [1.29, 1.82) is 0 Å². The van der Waals surface area contributed by atoms with E-state index in [9.17, 15) is 14.7 Å². The first kappa shape index (κ1) is 21.9. The van der Waals surface area contributed by atoms with Gasteiger partial charge in [0.1, 0.15) is 11.8 Å². The number of fused-ring (bicyclic) bond motifs is 1. The molecule has 1 heterocycles. The summed E-state index contributed by atoms with van der Waals surface area (Å²) in [4.78, 5) is 28.2. The molecule has 2 amide bonds. The number of carbonyl (C=O) groups is 2. The molecule has 30 heavy (non-hydrogen) atoms. The van der Waals surface area contributed by atoms with E-state index in [0.29, 0.717) is 24.9 Å². The van der Waals surface area contributed by atoms with E-state index < -0.39 is 6.04 Å². The fourth-order valence-corrected chi connectivity index (χ4v) is 4.39. The predicted octanol–water partition coefficient (Wildman–Crippen LogP) is 4.96. The Morgan fingerprint density at radius 1 is 1.10 bits per heavy atom. The van der Waals surface area contributed by atoms with E-state index in [4.69, 9.17) is 0 Å². The average molecular weight is 409 g/mol. The van der Waals surface area contributed by atoms with Gasteiger partial charge in [-0.1, -0.05) is 43.5 Å². The molecule has 1 aliphatic rings. The number of nitrogens with zero attached hydrogens (tertiary/aromatic N) is 1. The quantitative estimate of drug-likeness (QED) is 0.664. The zero-order valence-corrected chi connectivity index (χ0v) is 18.4. The number of rotatable bonds is 6. The van der Waals surface area contributed by atoms with Gasteiger partial charge in [0.05, 0.1) is 0 Å². The molecule has 0 saturated carbocycles. The molecule has 0 spiro atoms. The highest BCUT2D eigenvalue weighted by Gasteiger charge is 2.36. The monoisotopic (exact) mass is 408 g/mol. The van der Waals surface area contributed by atoms with Gasteiger partial charge in [-0.3, -0.25) is 9.59 Å². The second-order valence-corrected chi connectivity index (χ2v) is 8.34. The lowest BCUT2D eigenvalue weighted by atomic mass is 9.91. The largest absolute Gasteiger partial charge is 0.508 e. The maximum atomic E-state index is 13.5. The molecule has 0 saturated heterocycles. The molecule has 0 radical (unpaired) electrons. The van der Waals surface area contributed by atoms with Gasteiger partial charge in [0.2, 0.25) is 5.91 Å². The topological polar surface area (TPSA) is 69.6 Å². The number of aromatic hydroxyl groups is 1. The van der Waals surface area contributed by atoms with E-state index in [1.165, 1.54) is 0 Å². The number of phenolic OH excluding ortho intramolecular Hbond substituents is 1. The molecule has 5 nitrogen and oxygen atoms in total. The van der Waals surface area contributed by atoms with E-state index in [-0.39, 0.29) is 17.6 Å². The van der Waals surface area contributed by atoms with Crippen molar-refractivity contribution in [2.75, 3.05) is 11.9 Å². The third kappa shape index (κ3) is 4.66. The van der Waals surface area contributed by atoms with Crippen LogP contribution in [0, 0.1) is 20.8 Å². The zero-order chi connectivity index (χ0) is 21.8. The second-order valence-electron chi connectivity index (χ2n) is 8.34. The molecule has 1 unspecified atom stereocenters. The number of anilines is 1. The molecule has 0 fully saturated rings. The van der Waals surface area contributed by atoms with Crippen LogP contribution < -0.4 is 5.32 Å². The van der Waals surface area contributed by atoms with Crippen LogP contribution in [0.15, 0.2) is 30.3 Å². The highest BCUT2D eigenvalue weighted by molar-refractivity contribution is 5.99. The Bertz CT molecular complexity index is 928. The van der Waals surface area contributed by atoms with Gasteiger partial charge in [0.25, 0.3) is 5.91 Å². The van der Waals surface area contributed by atoms with Crippen LogP contribution in [-0.4, -0.2) is 28.4 Å². The van der Waals surface area contributed by atoms with Gasteiger partial charge in [0.15, 0.2) is 0 Å². The van der Waals surface area contributed by atoms with Gasteiger partial charge in [-0.05, 0) is 68.0 Å². The lowest BCUT2D eigenvalue weighted by molar-refractivity contribution is -0.139. The van der Waals surface area contributed by atoms with E-state index >= 15 is 0 Å². The minimum Gasteiger partial charge on any atom is -0.508 e. The molecule has 3 rings (SSSR count). The smallest absolute Gasteiger partial charge is 0.251 e. The first-order valence-corrected chi connectivity index (χ1v) is 10.8. The van der Waals surface area contributed by atoms with Crippen LogP contribution >= 0.6 is 0 Å². The molecular weight excluding hydrogens is 376 g/mol. The molecule has 2 N–H and O–H groups in total. The third-order valence-corrected chi connectivity index (χ3v) is 5.85. The van der Waals surface area contributed by atoms with Crippen molar-refractivity contribution < 1.29 is 14.7 Å². The number of carbonyl (C=O) groups excluding carboxylic acids is 2. The SMILES string of the molecule is CCCCCC(=O)N1CCc2ccc(O)cc2C1C(=O)Nc1c(C)cc(C)cc1C. The van der Waals surface area contributed by atoms with Crippen LogP contribution in [0.25, 0.3) is 0 Å². The van der Waals surface area contributed by atoms with Crippen molar-refractivity contribution in [2.24, 2.45) is 0 Å². The van der Waals surface area contributed by atoms with Gasteiger partial charge in [-0.2, -0.15) is 0 Å². The van der Waals surface area contributed by atoms with Crippen LogP contribution in [0.4, 0.5) is 5.69 Å². The highest BCUT2D eigenvalue weighted by atomic mass is 16.3. The molecule has 0 aliphatic carbocycles. The Hall–Kier alpha value is -2.82. The number of hydrogen-bond acceptors (Lipinski definition) is 3. The number of amides is 2. The summed E-state index contributed by atoms with van der Waals surface area (Å²) in [6.45, 7) is 8.59. The maximum Gasteiger partial charge on any atom is 0.251 e. The van der Waals surface area contributed by atoms with Crippen LogP contribution in [0.2, 0.25) is 0 Å². The van der Waals surface area contributed by atoms with Crippen molar-refractivity contribution in [3.63, 3.8) is 0 Å². The third-order valence-electron chi connectivity index (χ3n) is 5.85. The average Bonchev–Trinajstić information content (AvgIpc) is 2.69. The summed E-state index contributed by atoms with van der Waals surface area (Å²) in [6, 6.07) is 8.45. The number of nitrogens with one attached hydrogen (secondary N) is 1. The van der Waals surface area contributed by atoms with Gasteiger partial charge in [-0.25, -0.2) is 0 Å². The van der Waals surface area contributed by atoms with E-state index in [0.717, 1.165) is 47.2 Å². The van der Waals surface area contributed by atoms with Crippen molar-refractivity contribution in [3.05, 3.63) is 58.1 Å². The van der Waals surface area contributed by atoms with Crippen LogP contribution in [0.5, 0.6) is 5.75 Å². The number of phenols is 1. The molecule has 2 aromatic carbocycles. The molecule has 0 bridgehead atoms. The lowest BCUT2D eigenvalue weighted by Crippen LogP contribution is -2.45. The molecule has 160 valence electrons. The first-order chi connectivity index (χ1) is 14.3. The second kappa shape index (κ2) is 9.33. The minimum atomic E-state index is -0.741. The fourth-order valence-electron chi connectivity index (χ4n) is 4.39. The summed E-state index contributed by atoms with van der Waals surface area (Å²) < 4.78 is 0. The summed E-state index contributed by atoms with van der Waals surface area (Å²) in [5, 5.41) is 13.1. The standard InChI is InChI=1S/C25H32N2O3/c1-5-6-7-8-22(29)27-12-11-19-9-10-20(28)15-21(19)24(27)25(30)26-23-17(3)13-16(2)14-18(23)4/h9-10,13-15,24,28H,5-8,11-12H2,1-4H3,(H,26,30). The number of benzene rings is 2. The normalized spacial score (nSPS) is 15.6. The summed E-state index contributed by atoms with van der Waals surface area (Å²) in [7, 11) is 0. The van der Waals surface area contributed by atoms with Crippen molar-refractivity contribution in [2.45, 2.75) is 65.8 Å². The summed E-state index contributed by atoms with van der Waals surface area (Å²) in [5.74, 6) is -0.134. The minimum absolute atomic E-state index is 0.00468. The van der Waals surface area contributed by atoms with Crippen molar-refractivity contribution in [1.82, 2.24) is 4.90 Å². The lowest BCUT2D eigenvalue weighted by Gasteiger charge is -2.36. The predicted molar refractivity (Wildman–Crippen MR) is 120 cm³/mol. The Morgan fingerprint density at radius 3 is 2.47 bits per heavy atom. The Balaban J connectivity index is 1.94. The molecular formula is C25H32N2O3. The van der Waals surface area contributed by atoms with E-state index in [1.54, 1.807) is 17.0 Å². The fraction of sp³-hybridized carbons (Fsp3) is 0.440. The van der Waals surface area contributed by atoms with Gasteiger partial charge in [-0.15, -0.1) is 0 Å². The van der Waals surface area contributed by atoms with E-state index in [1.807, 2.05) is 39.0 Å². The summed E-state index contributed by atoms with van der Waals surface area (Å²) in [6.07, 6.45) is 3.98. The zero-order valence-electron chi connectivity index (χ0n) is 18.4. The number of aryl methyl sites for hydroxylation is 3. The molecule has 1 atom stereocenters. The van der Waals surface area contributed by atoms with Gasteiger partial charge < -0.3 is 15.3 Å². The van der Waals surface area contributed by atoms with Crippen LogP contribution in [0.1, 0.15) is 66.5 Å². The summed E-state index contributed by atoms with van der Waals surface area (Å²) in [5.41, 5.74) is 5.63. The van der Waals surface area contributed by atoms with Gasteiger partial charge >= 0.3 is 0 Å². The molecule has 2 aromatic rings. The van der Waals surface area contributed by atoms with Crippen LogP contribution in [0.3, 0.4) is 0 Å². The Kier molecular flexibility index (Phi) is 6.80. The van der Waals surface area contributed by atoms with Gasteiger partial charge in [0, 0.05) is 18.7 Å². The maximum absolute atomic E-state index is 13.5. The number of hydrogen-bond donors (Lipinski definition) is 2. The number of unbranched alkanes of at least 4 members (excludes halogenated alkanes) is 2. The van der Waals surface area contributed by atoms with Crippen LogP contribution in [-0.2, 0) is 16.0 Å². The molecule has 0 aromatic heterocycles.